The quantitative estimate of drug-likeness (QED) is 0.743. The van der Waals surface area contributed by atoms with Crippen molar-refractivity contribution in [2.75, 3.05) is 13.1 Å². The molecule has 6 heteroatoms. The Hall–Kier alpha value is -1.85. The van der Waals surface area contributed by atoms with Crippen molar-refractivity contribution in [1.29, 1.82) is 0 Å². The van der Waals surface area contributed by atoms with E-state index >= 15 is 0 Å². The molecule has 0 bridgehead atoms. The zero-order chi connectivity index (χ0) is 11.0. The predicted octanol–water partition coefficient (Wildman–Crippen LogP) is -0.0155. The summed E-state index contributed by atoms with van der Waals surface area (Å²) in [6, 6.07) is 0.113. The van der Waals surface area contributed by atoms with E-state index in [0.717, 1.165) is 0 Å². The van der Waals surface area contributed by atoms with Crippen LogP contribution in [0.3, 0.4) is 0 Å². The van der Waals surface area contributed by atoms with Crippen molar-refractivity contribution in [3.63, 3.8) is 0 Å². The van der Waals surface area contributed by atoms with Gasteiger partial charge in [-0.25, -0.2) is 4.79 Å². The summed E-state index contributed by atoms with van der Waals surface area (Å²) in [7, 11) is 0. The lowest BCUT2D eigenvalue weighted by atomic mass is 10.1. The van der Waals surface area contributed by atoms with Crippen LogP contribution in [0.15, 0.2) is 12.4 Å². The number of hydrogen-bond donors (Lipinski definition) is 1. The van der Waals surface area contributed by atoms with Crippen molar-refractivity contribution in [3.8, 4) is 0 Å². The van der Waals surface area contributed by atoms with Crippen LogP contribution in [0.2, 0.25) is 0 Å². The molecule has 1 aliphatic heterocycles. The zero-order valence-electron chi connectivity index (χ0n) is 8.25. The van der Waals surface area contributed by atoms with E-state index in [0.29, 0.717) is 13.1 Å². The number of rotatable bonds is 2. The first-order valence-electron chi connectivity index (χ1n) is 4.61. The third kappa shape index (κ3) is 1.70. The first-order valence-corrected chi connectivity index (χ1v) is 4.61. The number of hydrogen-bond acceptors (Lipinski definition) is 3. The van der Waals surface area contributed by atoms with Gasteiger partial charge in [0, 0.05) is 26.2 Å². The lowest BCUT2D eigenvalue weighted by Gasteiger charge is -2.38. The molecule has 0 unspecified atom stereocenters. The number of carbonyl (C=O) groups is 2. The molecule has 0 aliphatic carbocycles. The van der Waals surface area contributed by atoms with Gasteiger partial charge in [-0.3, -0.25) is 9.48 Å². The van der Waals surface area contributed by atoms with Crippen LogP contribution in [0.25, 0.3) is 0 Å². The molecule has 0 spiro atoms. The van der Waals surface area contributed by atoms with Crippen LogP contribution in [0.5, 0.6) is 0 Å². The Morgan fingerprint density at radius 1 is 1.53 bits per heavy atom. The molecule has 80 valence electrons. The van der Waals surface area contributed by atoms with Gasteiger partial charge < -0.3 is 10.0 Å². The van der Waals surface area contributed by atoms with Gasteiger partial charge in [-0.1, -0.05) is 0 Å². The van der Waals surface area contributed by atoms with Crippen molar-refractivity contribution >= 4 is 11.9 Å². The van der Waals surface area contributed by atoms with E-state index in [1.807, 2.05) is 0 Å². The number of aromatic nitrogens is 2. The summed E-state index contributed by atoms with van der Waals surface area (Å²) in [5.41, 5.74) is 0.177. The summed E-state index contributed by atoms with van der Waals surface area (Å²) in [6.45, 7) is 2.73. The van der Waals surface area contributed by atoms with E-state index in [1.165, 1.54) is 19.3 Å². The summed E-state index contributed by atoms with van der Waals surface area (Å²) in [6.07, 6.45) is 2.81. The predicted molar refractivity (Wildman–Crippen MR) is 50.5 cm³/mol. The SMILES string of the molecule is CC(=O)N1CC(n2cc(C(=O)O)cn2)C1. The van der Waals surface area contributed by atoms with Gasteiger partial charge in [-0.2, -0.15) is 5.10 Å². The minimum atomic E-state index is -0.982. The molecular weight excluding hydrogens is 198 g/mol. The van der Waals surface area contributed by atoms with E-state index < -0.39 is 5.97 Å². The van der Waals surface area contributed by atoms with E-state index in [-0.39, 0.29) is 17.5 Å². The molecule has 1 aromatic rings. The summed E-state index contributed by atoms with van der Waals surface area (Å²) < 4.78 is 1.60. The second-order valence-electron chi connectivity index (χ2n) is 3.59. The van der Waals surface area contributed by atoms with Crippen LogP contribution in [0.4, 0.5) is 0 Å². The van der Waals surface area contributed by atoms with E-state index in [1.54, 1.807) is 9.58 Å². The number of amides is 1. The highest BCUT2D eigenvalue weighted by atomic mass is 16.4. The summed E-state index contributed by atoms with van der Waals surface area (Å²) in [4.78, 5) is 23.2. The van der Waals surface area contributed by atoms with E-state index in [2.05, 4.69) is 5.10 Å². The monoisotopic (exact) mass is 209 g/mol. The van der Waals surface area contributed by atoms with Gasteiger partial charge in [-0.15, -0.1) is 0 Å². The topological polar surface area (TPSA) is 75.4 Å². The number of aromatic carboxylic acids is 1. The van der Waals surface area contributed by atoms with Crippen molar-refractivity contribution in [1.82, 2.24) is 14.7 Å². The average molecular weight is 209 g/mol. The molecule has 1 saturated heterocycles. The minimum Gasteiger partial charge on any atom is -0.478 e. The van der Waals surface area contributed by atoms with Crippen molar-refractivity contribution < 1.29 is 14.7 Å². The van der Waals surface area contributed by atoms with Gasteiger partial charge in [0.2, 0.25) is 5.91 Å². The smallest absolute Gasteiger partial charge is 0.338 e. The Kier molecular flexibility index (Phi) is 2.18. The molecule has 0 atom stereocenters. The Morgan fingerprint density at radius 3 is 2.67 bits per heavy atom. The third-order valence-corrected chi connectivity index (χ3v) is 2.53. The Bertz CT molecular complexity index is 406. The van der Waals surface area contributed by atoms with Gasteiger partial charge in [0.15, 0.2) is 0 Å². The van der Waals surface area contributed by atoms with Crippen LogP contribution in [0.1, 0.15) is 23.3 Å². The maximum Gasteiger partial charge on any atom is 0.338 e. The molecular formula is C9H11N3O3. The van der Waals surface area contributed by atoms with Gasteiger partial charge in [0.1, 0.15) is 0 Å². The van der Waals surface area contributed by atoms with Crippen molar-refractivity contribution in [2.45, 2.75) is 13.0 Å². The fourth-order valence-corrected chi connectivity index (χ4v) is 1.53. The minimum absolute atomic E-state index is 0.0388. The molecule has 0 radical (unpaired) electrons. The second-order valence-corrected chi connectivity index (χ2v) is 3.59. The average Bonchev–Trinajstić information content (AvgIpc) is 2.49. The van der Waals surface area contributed by atoms with E-state index in [4.69, 9.17) is 5.11 Å². The third-order valence-electron chi connectivity index (χ3n) is 2.53. The lowest BCUT2D eigenvalue weighted by Crippen LogP contribution is -2.49. The van der Waals surface area contributed by atoms with Crippen LogP contribution >= 0.6 is 0 Å². The molecule has 1 amide bonds. The molecule has 2 heterocycles. The zero-order valence-corrected chi connectivity index (χ0v) is 8.25. The largest absolute Gasteiger partial charge is 0.478 e. The molecule has 1 N–H and O–H groups in total. The highest BCUT2D eigenvalue weighted by Crippen LogP contribution is 2.20. The number of carboxylic acid groups (broad SMARTS) is 1. The Labute approximate surface area is 86.1 Å². The Balaban J connectivity index is 2.01. The molecule has 0 saturated carbocycles. The fraction of sp³-hybridized carbons (Fsp3) is 0.444. The number of carbonyl (C=O) groups excluding carboxylic acids is 1. The summed E-state index contributed by atoms with van der Waals surface area (Å²) >= 11 is 0. The maximum atomic E-state index is 10.9. The number of nitrogens with zero attached hydrogens (tertiary/aromatic N) is 3. The van der Waals surface area contributed by atoms with Gasteiger partial charge >= 0.3 is 5.97 Å². The van der Waals surface area contributed by atoms with E-state index in [9.17, 15) is 9.59 Å². The Morgan fingerprint density at radius 2 is 2.20 bits per heavy atom. The first kappa shape index (κ1) is 9.70. The van der Waals surface area contributed by atoms with Crippen LogP contribution in [-0.2, 0) is 4.79 Å². The first-order chi connectivity index (χ1) is 7.08. The van der Waals surface area contributed by atoms with Crippen LogP contribution < -0.4 is 0 Å². The standard InChI is InChI=1S/C9H11N3O3/c1-6(13)11-4-8(5-11)12-3-7(2-10-12)9(14)15/h2-3,8H,4-5H2,1H3,(H,14,15). The summed E-state index contributed by atoms with van der Waals surface area (Å²) in [5.74, 6) is -0.944. The molecule has 0 aromatic carbocycles. The maximum absolute atomic E-state index is 10.9. The molecule has 1 aliphatic rings. The second kappa shape index (κ2) is 3.38. The van der Waals surface area contributed by atoms with Gasteiger partial charge in [-0.05, 0) is 0 Å². The fourth-order valence-electron chi connectivity index (χ4n) is 1.53. The molecule has 1 aromatic heterocycles. The van der Waals surface area contributed by atoms with Gasteiger partial charge in [0.25, 0.3) is 0 Å². The highest BCUT2D eigenvalue weighted by Gasteiger charge is 2.30. The van der Waals surface area contributed by atoms with Crippen molar-refractivity contribution in [2.24, 2.45) is 0 Å². The number of carboxylic acids is 1. The molecule has 6 nitrogen and oxygen atoms in total. The normalized spacial score (nSPS) is 16.2. The van der Waals surface area contributed by atoms with Crippen LogP contribution in [0, 0.1) is 0 Å². The van der Waals surface area contributed by atoms with Crippen LogP contribution in [-0.4, -0.2) is 44.8 Å². The number of likely N-dealkylation sites (tertiary alicyclic amines) is 1. The molecule has 2 rings (SSSR count). The highest BCUT2D eigenvalue weighted by molar-refractivity contribution is 5.86. The van der Waals surface area contributed by atoms with Gasteiger partial charge in [0.05, 0.1) is 17.8 Å². The lowest BCUT2D eigenvalue weighted by molar-refractivity contribution is -0.134. The van der Waals surface area contributed by atoms with Crippen molar-refractivity contribution in [3.05, 3.63) is 18.0 Å². The molecule has 1 fully saturated rings. The molecule has 15 heavy (non-hydrogen) atoms. The summed E-state index contributed by atoms with van der Waals surface area (Å²) in [5, 5.41) is 12.6.